The summed E-state index contributed by atoms with van der Waals surface area (Å²) in [6.07, 6.45) is 3.29. The van der Waals surface area contributed by atoms with Crippen LogP contribution in [0, 0.1) is 0 Å². The lowest BCUT2D eigenvalue weighted by Crippen LogP contribution is -1.80. The van der Waals surface area contributed by atoms with Crippen LogP contribution in [0.1, 0.15) is 23.8 Å². The summed E-state index contributed by atoms with van der Waals surface area (Å²) in [6, 6.07) is 0. The lowest BCUT2D eigenvalue weighted by Gasteiger charge is -1.84. The van der Waals surface area contributed by atoms with Crippen LogP contribution in [-0.4, -0.2) is 4.98 Å². The number of rotatable bonds is 1. The highest BCUT2D eigenvalue weighted by Crippen LogP contribution is 2.22. The predicted octanol–water partition coefficient (Wildman–Crippen LogP) is 1.90. The number of aryl methyl sites for hydroxylation is 2. The molecule has 0 spiro atoms. The van der Waals surface area contributed by atoms with Gasteiger partial charge in [0.05, 0.1) is 11.6 Å². The number of aromatic nitrogens is 1. The second kappa shape index (κ2) is 2.27. The van der Waals surface area contributed by atoms with Gasteiger partial charge < -0.3 is 4.42 Å². The van der Waals surface area contributed by atoms with E-state index in [0.717, 1.165) is 24.3 Å². The maximum Gasteiger partial charge on any atom is 0.209 e. The van der Waals surface area contributed by atoms with Crippen LogP contribution in [0.4, 0.5) is 0 Å². The first-order valence-corrected chi connectivity index (χ1v) is 3.97. The summed E-state index contributed by atoms with van der Waals surface area (Å²) in [7, 11) is 0. The first-order valence-electron chi connectivity index (χ1n) is 3.43. The van der Waals surface area contributed by atoms with E-state index in [2.05, 4.69) is 4.98 Å². The van der Waals surface area contributed by atoms with Crippen LogP contribution in [0.5, 0.6) is 0 Å². The molecule has 0 bridgehead atoms. The fraction of sp³-hybridized carbons (Fsp3) is 0.571. The molecule has 0 radical (unpaired) electrons. The smallest absolute Gasteiger partial charge is 0.209 e. The highest BCUT2D eigenvalue weighted by Gasteiger charge is 2.17. The zero-order chi connectivity index (χ0) is 6.97. The van der Waals surface area contributed by atoms with E-state index in [4.69, 9.17) is 16.0 Å². The SMILES string of the molecule is ClCc1nc2c(o1)CCC2. The van der Waals surface area contributed by atoms with Crippen molar-refractivity contribution in [3.63, 3.8) is 0 Å². The summed E-state index contributed by atoms with van der Waals surface area (Å²) in [5, 5.41) is 0. The molecule has 1 aromatic rings. The minimum Gasteiger partial charge on any atom is -0.444 e. The van der Waals surface area contributed by atoms with Gasteiger partial charge in [-0.2, -0.15) is 0 Å². The van der Waals surface area contributed by atoms with Gasteiger partial charge in [-0.3, -0.25) is 0 Å². The maximum atomic E-state index is 5.54. The van der Waals surface area contributed by atoms with Gasteiger partial charge in [-0.15, -0.1) is 11.6 Å². The molecular formula is C7H8ClNO. The molecule has 0 unspecified atom stereocenters. The van der Waals surface area contributed by atoms with Crippen LogP contribution in [-0.2, 0) is 18.7 Å². The quantitative estimate of drug-likeness (QED) is 0.582. The molecule has 0 N–H and O–H groups in total. The molecule has 1 aliphatic rings. The van der Waals surface area contributed by atoms with Crippen molar-refractivity contribution in [2.24, 2.45) is 0 Å². The van der Waals surface area contributed by atoms with E-state index in [1.54, 1.807) is 0 Å². The summed E-state index contributed by atoms with van der Waals surface area (Å²) < 4.78 is 5.33. The Morgan fingerprint density at radius 3 is 3.10 bits per heavy atom. The van der Waals surface area contributed by atoms with Crippen molar-refractivity contribution >= 4 is 11.6 Å². The third-order valence-corrected chi connectivity index (χ3v) is 1.98. The zero-order valence-corrected chi connectivity index (χ0v) is 6.32. The first-order chi connectivity index (χ1) is 4.90. The fourth-order valence-corrected chi connectivity index (χ4v) is 1.42. The molecule has 2 rings (SSSR count). The molecule has 2 nitrogen and oxygen atoms in total. The Kier molecular flexibility index (Phi) is 1.42. The van der Waals surface area contributed by atoms with Crippen molar-refractivity contribution in [2.45, 2.75) is 25.1 Å². The van der Waals surface area contributed by atoms with Gasteiger partial charge in [0.25, 0.3) is 0 Å². The van der Waals surface area contributed by atoms with Gasteiger partial charge >= 0.3 is 0 Å². The van der Waals surface area contributed by atoms with Crippen LogP contribution in [0.3, 0.4) is 0 Å². The maximum absolute atomic E-state index is 5.54. The lowest BCUT2D eigenvalue weighted by molar-refractivity contribution is 0.473. The van der Waals surface area contributed by atoms with Crippen molar-refractivity contribution in [1.82, 2.24) is 4.98 Å². The fourth-order valence-electron chi connectivity index (χ4n) is 1.30. The molecule has 0 atom stereocenters. The lowest BCUT2D eigenvalue weighted by atomic mass is 10.4. The molecule has 0 saturated heterocycles. The summed E-state index contributed by atoms with van der Waals surface area (Å²) in [5.41, 5.74) is 1.12. The van der Waals surface area contributed by atoms with Crippen molar-refractivity contribution in [2.75, 3.05) is 0 Å². The Morgan fingerprint density at radius 2 is 2.40 bits per heavy atom. The highest BCUT2D eigenvalue weighted by atomic mass is 35.5. The minimum atomic E-state index is 0.396. The van der Waals surface area contributed by atoms with E-state index < -0.39 is 0 Å². The molecule has 0 saturated carbocycles. The number of oxazole rings is 1. The second-order valence-electron chi connectivity index (χ2n) is 2.46. The van der Waals surface area contributed by atoms with E-state index in [-0.39, 0.29) is 0 Å². The van der Waals surface area contributed by atoms with Crippen LogP contribution >= 0.6 is 11.6 Å². The normalized spacial score (nSPS) is 15.7. The molecule has 0 aliphatic heterocycles. The number of hydrogen-bond donors (Lipinski definition) is 0. The Balaban J connectivity index is 2.37. The molecule has 0 aromatic carbocycles. The predicted molar refractivity (Wildman–Crippen MR) is 38.1 cm³/mol. The van der Waals surface area contributed by atoms with Gasteiger partial charge in [-0.05, 0) is 12.8 Å². The largest absolute Gasteiger partial charge is 0.444 e. The molecule has 3 heteroatoms. The molecule has 1 aromatic heterocycles. The zero-order valence-electron chi connectivity index (χ0n) is 5.56. The summed E-state index contributed by atoms with van der Waals surface area (Å²) in [4.78, 5) is 4.21. The molecule has 0 amide bonds. The van der Waals surface area contributed by atoms with Crippen LogP contribution < -0.4 is 0 Å². The number of fused-ring (bicyclic) bond motifs is 1. The van der Waals surface area contributed by atoms with Gasteiger partial charge in [-0.1, -0.05) is 0 Å². The van der Waals surface area contributed by atoms with Gasteiger partial charge in [0, 0.05) is 6.42 Å². The topological polar surface area (TPSA) is 26.0 Å². The Labute approximate surface area is 64.2 Å². The average Bonchev–Trinajstić information content (AvgIpc) is 2.42. The van der Waals surface area contributed by atoms with E-state index in [1.807, 2.05) is 0 Å². The van der Waals surface area contributed by atoms with Crippen molar-refractivity contribution < 1.29 is 4.42 Å². The van der Waals surface area contributed by atoms with Crippen LogP contribution in [0.25, 0.3) is 0 Å². The number of halogens is 1. The summed E-state index contributed by atoms with van der Waals surface area (Å²) >= 11 is 5.54. The third-order valence-electron chi connectivity index (χ3n) is 1.75. The highest BCUT2D eigenvalue weighted by molar-refractivity contribution is 6.16. The third kappa shape index (κ3) is 0.833. The van der Waals surface area contributed by atoms with Gasteiger partial charge in [0.2, 0.25) is 5.89 Å². The molecular weight excluding hydrogens is 150 g/mol. The summed E-state index contributed by atoms with van der Waals surface area (Å²) in [6.45, 7) is 0. The molecule has 1 aliphatic carbocycles. The van der Waals surface area contributed by atoms with E-state index in [9.17, 15) is 0 Å². The Bertz CT molecular complexity index is 222. The second-order valence-corrected chi connectivity index (χ2v) is 2.73. The van der Waals surface area contributed by atoms with Crippen molar-refractivity contribution in [3.05, 3.63) is 17.3 Å². The molecule has 0 fully saturated rings. The molecule has 10 heavy (non-hydrogen) atoms. The van der Waals surface area contributed by atoms with Gasteiger partial charge in [0.15, 0.2) is 0 Å². The van der Waals surface area contributed by atoms with E-state index in [1.165, 1.54) is 6.42 Å². The monoisotopic (exact) mass is 157 g/mol. The number of hydrogen-bond acceptors (Lipinski definition) is 2. The number of nitrogens with zero attached hydrogens (tertiary/aromatic N) is 1. The Morgan fingerprint density at radius 1 is 1.50 bits per heavy atom. The van der Waals surface area contributed by atoms with E-state index in [0.29, 0.717) is 11.8 Å². The molecule has 54 valence electrons. The minimum absolute atomic E-state index is 0.396. The Hall–Kier alpha value is -0.500. The van der Waals surface area contributed by atoms with E-state index >= 15 is 0 Å². The van der Waals surface area contributed by atoms with Crippen molar-refractivity contribution in [3.8, 4) is 0 Å². The number of alkyl halides is 1. The van der Waals surface area contributed by atoms with Crippen LogP contribution in [0.15, 0.2) is 4.42 Å². The average molecular weight is 158 g/mol. The summed E-state index contributed by atoms with van der Waals surface area (Å²) in [5.74, 6) is 2.12. The first kappa shape index (κ1) is 6.23. The van der Waals surface area contributed by atoms with Crippen molar-refractivity contribution in [1.29, 1.82) is 0 Å². The van der Waals surface area contributed by atoms with Crippen LogP contribution in [0.2, 0.25) is 0 Å². The van der Waals surface area contributed by atoms with Gasteiger partial charge in [-0.25, -0.2) is 4.98 Å². The standard InChI is InChI=1S/C7H8ClNO/c8-4-7-9-5-2-1-3-6(5)10-7/h1-4H2. The molecule has 1 heterocycles. The van der Waals surface area contributed by atoms with Gasteiger partial charge in [0.1, 0.15) is 5.76 Å².